The summed E-state index contributed by atoms with van der Waals surface area (Å²) in [6, 6.07) is 12.2. The van der Waals surface area contributed by atoms with Crippen LogP contribution in [0.25, 0.3) is 5.57 Å². The number of nitrogens with two attached hydrogens (primary N) is 1. The number of nitrogens with zero attached hydrogens (tertiary/aromatic N) is 2. The number of hydrogen-bond acceptors (Lipinski definition) is 5. The van der Waals surface area contributed by atoms with Gasteiger partial charge in [-0.05, 0) is 35.6 Å². The molecule has 0 atom stereocenters. The smallest absolute Gasteiger partial charge is 0.272 e. The zero-order valence-corrected chi connectivity index (χ0v) is 15.8. The van der Waals surface area contributed by atoms with E-state index in [1.807, 2.05) is 4.90 Å². The molecule has 1 heterocycles. The Hall–Kier alpha value is -2.71. The van der Waals surface area contributed by atoms with Gasteiger partial charge < -0.3 is 4.90 Å². The number of anilines is 1. The topological polar surface area (TPSA) is 107 Å². The zero-order chi connectivity index (χ0) is 19.6. The van der Waals surface area contributed by atoms with Crippen molar-refractivity contribution in [1.82, 2.24) is 0 Å². The Morgan fingerprint density at radius 1 is 1.19 bits per heavy atom. The second kappa shape index (κ2) is 7.50. The van der Waals surface area contributed by atoms with Crippen molar-refractivity contribution in [2.75, 3.05) is 18.0 Å². The van der Waals surface area contributed by atoms with Crippen molar-refractivity contribution in [3.05, 3.63) is 69.8 Å². The van der Waals surface area contributed by atoms with Crippen molar-refractivity contribution in [3.63, 3.8) is 0 Å². The highest BCUT2D eigenvalue weighted by molar-refractivity contribution is 7.89. The van der Waals surface area contributed by atoms with Crippen LogP contribution in [0.5, 0.6) is 0 Å². The van der Waals surface area contributed by atoms with E-state index in [-0.39, 0.29) is 10.6 Å². The highest BCUT2D eigenvalue weighted by atomic mass is 32.2. The third-order valence-electron chi connectivity index (χ3n) is 4.72. The fraction of sp³-hybridized carbons (Fsp3) is 0.263. The molecule has 0 aromatic heterocycles. The van der Waals surface area contributed by atoms with Gasteiger partial charge in [0.15, 0.2) is 0 Å². The van der Waals surface area contributed by atoms with E-state index in [0.29, 0.717) is 18.8 Å². The molecule has 2 N–H and O–H groups in total. The average molecular weight is 387 g/mol. The van der Waals surface area contributed by atoms with Crippen molar-refractivity contribution < 1.29 is 13.3 Å². The molecule has 142 valence electrons. The third kappa shape index (κ3) is 4.35. The summed E-state index contributed by atoms with van der Waals surface area (Å²) in [4.78, 5) is 12.2. The minimum Gasteiger partial charge on any atom is -0.367 e. The van der Waals surface area contributed by atoms with E-state index < -0.39 is 14.9 Å². The molecule has 0 bridgehead atoms. The summed E-state index contributed by atoms with van der Waals surface area (Å²) in [5, 5.41) is 16.3. The van der Waals surface area contributed by atoms with Crippen LogP contribution in [-0.2, 0) is 16.4 Å². The van der Waals surface area contributed by atoms with E-state index in [1.165, 1.54) is 23.3 Å². The van der Waals surface area contributed by atoms with E-state index in [0.717, 1.165) is 24.5 Å². The van der Waals surface area contributed by atoms with Gasteiger partial charge in [-0.2, -0.15) is 0 Å². The van der Waals surface area contributed by atoms with Crippen LogP contribution in [-0.4, -0.2) is 26.4 Å². The number of aryl methyl sites for hydroxylation is 1. The maximum atomic E-state index is 11.7. The normalized spacial score (nSPS) is 14.7. The van der Waals surface area contributed by atoms with Crippen LogP contribution in [0.2, 0.25) is 0 Å². The molecular formula is C19H21N3O4S. The SMILES string of the molecule is CCc1ccc(C2=CCN(c3cc([N+](=O)[O-])cc(S(N)(=O)=O)c3)CC2)cc1. The third-order valence-corrected chi connectivity index (χ3v) is 5.62. The molecule has 0 amide bonds. The van der Waals surface area contributed by atoms with E-state index in [2.05, 4.69) is 37.3 Å². The highest BCUT2D eigenvalue weighted by Gasteiger charge is 2.20. The van der Waals surface area contributed by atoms with Crippen molar-refractivity contribution >= 4 is 27.0 Å². The van der Waals surface area contributed by atoms with Gasteiger partial charge in [0.25, 0.3) is 5.69 Å². The molecule has 2 aromatic rings. The molecule has 0 fully saturated rings. The summed E-state index contributed by atoms with van der Waals surface area (Å²) in [7, 11) is -4.03. The number of nitro benzene ring substituents is 1. The van der Waals surface area contributed by atoms with Gasteiger partial charge in [-0.25, -0.2) is 13.6 Å². The Morgan fingerprint density at radius 3 is 2.41 bits per heavy atom. The summed E-state index contributed by atoms with van der Waals surface area (Å²) in [6.07, 6.45) is 3.82. The largest absolute Gasteiger partial charge is 0.367 e. The molecule has 2 aromatic carbocycles. The van der Waals surface area contributed by atoms with Gasteiger partial charge in [0, 0.05) is 30.9 Å². The molecule has 0 spiro atoms. The van der Waals surface area contributed by atoms with Crippen LogP contribution in [0.1, 0.15) is 24.5 Å². The Balaban J connectivity index is 1.87. The molecule has 1 aliphatic heterocycles. The average Bonchev–Trinajstić information content (AvgIpc) is 2.67. The van der Waals surface area contributed by atoms with Crippen molar-refractivity contribution in [2.45, 2.75) is 24.7 Å². The Kier molecular flexibility index (Phi) is 5.29. The van der Waals surface area contributed by atoms with E-state index in [9.17, 15) is 18.5 Å². The van der Waals surface area contributed by atoms with Crippen LogP contribution in [0.4, 0.5) is 11.4 Å². The van der Waals surface area contributed by atoms with Gasteiger partial charge >= 0.3 is 0 Å². The molecule has 0 unspecified atom stereocenters. The van der Waals surface area contributed by atoms with E-state index >= 15 is 0 Å². The molecule has 0 saturated heterocycles. The molecule has 8 heteroatoms. The lowest BCUT2D eigenvalue weighted by molar-refractivity contribution is -0.385. The van der Waals surface area contributed by atoms with Gasteiger partial charge in [-0.1, -0.05) is 37.3 Å². The fourth-order valence-corrected chi connectivity index (χ4v) is 3.71. The predicted octanol–water partition coefficient (Wildman–Crippen LogP) is 3.10. The minimum atomic E-state index is -4.03. The molecule has 1 aliphatic rings. The first kappa shape index (κ1) is 19.1. The number of hydrogen-bond donors (Lipinski definition) is 1. The van der Waals surface area contributed by atoms with Crippen LogP contribution < -0.4 is 10.0 Å². The second-order valence-electron chi connectivity index (χ2n) is 6.46. The Bertz CT molecular complexity index is 998. The van der Waals surface area contributed by atoms with Crippen LogP contribution in [0, 0.1) is 10.1 Å². The zero-order valence-electron chi connectivity index (χ0n) is 15.0. The fourth-order valence-electron chi connectivity index (χ4n) is 3.14. The Labute approximate surface area is 158 Å². The van der Waals surface area contributed by atoms with Crippen molar-refractivity contribution in [3.8, 4) is 0 Å². The standard InChI is InChI=1S/C19H21N3O4S/c1-2-14-3-5-15(6-4-14)16-7-9-21(10-8-16)17-11-18(22(23)24)13-19(12-17)27(20,25)26/h3-7,11-13H,2,8-10H2,1H3,(H2,20,25,26). The first-order valence-electron chi connectivity index (χ1n) is 8.63. The predicted molar refractivity (Wildman–Crippen MR) is 105 cm³/mol. The van der Waals surface area contributed by atoms with Gasteiger partial charge in [-0.15, -0.1) is 0 Å². The number of benzene rings is 2. The molecule has 0 aliphatic carbocycles. The summed E-state index contributed by atoms with van der Waals surface area (Å²) >= 11 is 0. The van der Waals surface area contributed by atoms with Crippen LogP contribution in [0.15, 0.2) is 53.4 Å². The minimum absolute atomic E-state index is 0.253. The summed E-state index contributed by atoms with van der Waals surface area (Å²) in [6.45, 7) is 3.28. The van der Waals surface area contributed by atoms with E-state index in [4.69, 9.17) is 5.14 Å². The first-order chi connectivity index (χ1) is 12.8. The first-order valence-corrected chi connectivity index (χ1v) is 10.2. The summed E-state index contributed by atoms with van der Waals surface area (Å²) < 4.78 is 23.3. The molecule has 7 nitrogen and oxygen atoms in total. The lowest BCUT2D eigenvalue weighted by atomic mass is 9.97. The second-order valence-corrected chi connectivity index (χ2v) is 8.02. The molecule has 0 radical (unpaired) electrons. The van der Waals surface area contributed by atoms with Crippen molar-refractivity contribution in [2.24, 2.45) is 5.14 Å². The summed E-state index contributed by atoms with van der Waals surface area (Å²) in [5.74, 6) is 0. The molecular weight excluding hydrogens is 366 g/mol. The van der Waals surface area contributed by atoms with Crippen LogP contribution >= 0.6 is 0 Å². The van der Waals surface area contributed by atoms with Gasteiger partial charge in [0.1, 0.15) is 0 Å². The van der Waals surface area contributed by atoms with Gasteiger partial charge in [-0.3, -0.25) is 10.1 Å². The maximum absolute atomic E-state index is 11.7. The van der Waals surface area contributed by atoms with Gasteiger partial charge in [0.05, 0.1) is 9.82 Å². The quantitative estimate of drug-likeness (QED) is 0.627. The number of rotatable bonds is 5. The number of sulfonamides is 1. The monoisotopic (exact) mass is 387 g/mol. The van der Waals surface area contributed by atoms with Gasteiger partial charge in [0.2, 0.25) is 10.0 Å². The Morgan fingerprint density at radius 2 is 1.89 bits per heavy atom. The van der Waals surface area contributed by atoms with Crippen LogP contribution in [0.3, 0.4) is 0 Å². The van der Waals surface area contributed by atoms with E-state index in [1.54, 1.807) is 0 Å². The number of nitro groups is 1. The lowest BCUT2D eigenvalue weighted by Gasteiger charge is -2.28. The summed E-state index contributed by atoms with van der Waals surface area (Å²) in [5.41, 5.74) is 3.84. The van der Waals surface area contributed by atoms with Crippen molar-refractivity contribution in [1.29, 1.82) is 0 Å². The number of primary sulfonamides is 1. The maximum Gasteiger partial charge on any atom is 0.272 e. The number of non-ortho nitro benzene ring substituents is 1. The molecule has 3 rings (SSSR count). The lowest BCUT2D eigenvalue weighted by Crippen LogP contribution is -2.28. The highest BCUT2D eigenvalue weighted by Crippen LogP contribution is 2.30. The molecule has 27 heavy (non-hydrogen) atoms. The molecule has 0 saturated carbocycles.